The van der Waals surface area contributed by atoms with Crippen molar-refractivity contribution in [2.24, 2.45) is 0 Å². The van der Waals surface area contributed by atoms with E-state index in [4.69, 9.17) is 9.94 Å². The molecule has 8 heteroatoms. The van der Waals surface area contributed by atoms with Gasteiger partial charge in [-0.1, -0.05) is 84.2 Å². The Hall–Kier alpha value is -2.27. The highest BCUT2D eigenvalue weighted by molar-refractivity contribution is 14.1. The van der Waals surface area contributed by atoms with Crippen LogP contribution < -0.4 is 5.32 Å². The number of rotatable bonds is 14. The smallest absolute Gasteiger partial charge is 0.331 e. The quantitative estimate of drug-likeness (QED) is 0.112. The normalized spacial score (nSPS) is 11.0. The zero-order valence-corrected chi connectivity index (χ0v) is 24.6. The molecule has 0 atom stereocenters. The summed E-state index contributed by atoms with van der Waals surface area (Å²) in [5.74, 6) is -1.19. The van der Waals surface area contributed by atoms with Gasteiger partial charge in [-0.2, -0.15) is 5.06 Å². The minimum atomic E-state index is -1.04. The Kier molecular flexibility index (Phi) is 12.0. The van der Waals surface area contributed by atoms with E-state index in [0.717, 1.165) is 31.2 Å². The number of aryl methyl sites for hydroxylation is 1. The summed E-state index contributed by atoms with van der Waals surface area (Å²) < 4.78 is 1.82. The Bertz CT molecular complexity index is 1190. The molecule has 0 aromatic heterocycles. The van der Waals surface area contributed by atoms with E-state index in [-0.39, 0.29) is 5.91 Å². The van der Waals surface area contributed by atoms with Gasteiger partial charge in [0.2, 0.25) is 0 Å². The van der Waals surface area contributed by atoms with Gasteiger partial charge < -0.3 is 10.4 Å². The van der Waals surface area contributed by atoms with E-state index in [1.165, 1.54) is 24.8 Å². The zero-order chi connectivity index (χ0) is 26.6. The molecule has 0 unspecified atom stereocenters. The summed E-state index contributed by atoms with van der Waals surface area (Å²) in [6.45, 7) is 3.01. The Morgan fingerprint density at radius 3 is 2.35 bits per heavy atom. The monoisotopic (exact) mass is 678 g/mol. The second-order valence-electron chi connectivity index (χ2n) is 8.82. The van der Waals surface area contributed by atoms with E-state index in [1.807, 2.05) is 30.3 Å². The van der Waals surface area contributed by atoms with Crippen LogP contribution in [0.15, 0.2) is 71.2 Å². The molecule has 6 nitrogen and oxygen atoms in total. The number of halogens is 2. The maximum Gasteiger partial charge on any atom is 0.331 e. The first-order valence-electron chi connectivity index (χ1n) is 12.3. The van der Waals surface area contributed by atoms with E-state index in [2.05, 4.69) is 75.0 Å². The molecule has 0 spiro atoms. The Labute approximate surface area is 240 Å². The van der Waals surface area contributed by atoms with Gasteiger partial charge in [0.25, 0.3) is 5.91 Å². The maximum atomic E-state index is 12.8. The fraction of sp³-hybridized carbons (Fsp3) is 0.310. The highest BCUT2D eigenvalue weighted by Crippen LogP contribution is 2.23. The van der Waals surface area contributed by atoms with Crippen LogP contribution in [0.2, 0.25) is 0 Å². The van der Waals surface area contributed by atoms with Gasteiger partial charge in [-0.05, 0) is 75.9 Å². The van der Waals surface area contributed by atoms with Gasteiger partial charge in [0, 0.05) is 20.2 Å². The third-order valence-electron chi connectivity index (χ3n) is 5.88. The van der Waals surface area contributed by atoms with Crippen molar-refractivity contribution in [3.63, 3.8) is 0 Å². The van der Waals surface area contributed by atoms with Crippen LogP contribution in [-0.2, 0) is 35.7 Å². The van der Waals surface area contributed by atoms with Gasteiger partial charge in [-0.15, -0.1) is 0 Å². The predicted molar refractivity (Wildman–Crippen MR) is 157 cm³/mol. The summed E-state index contributed by atoms with van der Waals surface area (Å²) in [6.07, 6.45) is 4.74. The lowest BCUT2D eigenvalue weighted by atomic mass is 10.1. The van der Waals surface area contributed by atoms with E-state index in [1.54, 1.807) is 17.2 Å². The number of hydroxylamine groups is 2. The van der Waals surface area contributed by atoms with Crippen LogP contribution in [0, 0.1) is 3.57 Å². The Morgan fingerprint density at radius 2 is 1.68 bits per heavy atom. The summed E-state index contributed by atoms with van der Waals surface area (Å²) in [5, 5.41) is 13.7. The average molecular weight is 679 g/mol. The van der Waals surface area contributed by atoms with Crippen molar-refractivity contribution >= 4 is 50.4 Å². The van der Waals surface area contributed by atoms with Gasteiger partial charge in [-0.3, -0.25) is 9.63 Å². The van der Waals surface area contributed by atoms with Crippen molar-refractivity contribution in [1.82, 2.24) is 10.4 Å². The van der Waals surface area contributed by atoms with Crippen molar-refractivity contribution in [3.8, 4) is 0 Å². The molecule has 0 saturated heterocycles. The highest BCUT2D eigenvalue weighted by Gasteiger charge is 2.15. The number of hydrogen-bond donors (Lipinski definition) is 2. The number of unbranched alkanes of at least 4 members (excludes halogenated alkanes) is 2. The lowest BCUT2D eigenvalue weighted by Gasteiger charge is -2.22. The van der Waals surface area contributed by atoms with Gasteiger partial charge in [0.1, 0.15) is 0 Å². The van der Waals surface area contributed by atoms with Gasteiger partial charge >= 0.3 is 5.97 Å². The van der Waals surface area contributed by atoms with Crippen molar-refractivity contribution < 1.29 is 19.5 Å². The molecule has 0 bridgehead atoms. The Morgan fingerprint density at radius 1 is 0.973 bits per heavy atom. The number of benzene rings is 3. The topological polar surface area (TPSA) is 78.9 Å². The van der Waals surface area contributed by atoms with Crippen molar-refractivity contribution in [2.75, 3.05) is 6.61 Å². The number of nitrogens with one attached hydrogen (secondary N) is 1. The molecule has 3 rings (SSSR count). The largest absolute Gasteiger partial charge is 0.479 e. The molecule has 196 valence electrons. The number of carbonyl (C=O) groups is 2. The minimum Gasteiger partial charge on any atom is -0.479 e. The molecule has 0 aliphatic rings. The van der Waals surface area contributed by atoms with Crippen LogP contribution in [-0.4, -0.2) is 28.7 Å². The van der Waals surface area contributed by atoms with Crippen LogP contribution in [0.5, 0.6) is 0 Å². The molecular weight excluding hydrogens is 647 g/mol. The molecule has 0 heterocycles. The lowest BCUT2D eigenvalue weighted by Crippen LogP contribution is -2.27. The first-order chi connectivity index (χ1) is 17.9. The van der Waals surface area contributed by atoms with Gasteiger partial charge in [0.15, 0.2) is 6.61 Å². The third kappa shape index (κ3) is 9.85. The molecule has 0 radical (unpaired) electrons. The van der Waals surface area contributed by atoms with E-state index < -0.39 is 12.6 Å². The standard InChI is InChI=1S/C29H32BrIN2O4/c1-2-3-4-7-21-10-12-22(13-11-21)17-32-29(36)23-14-15-24(26(30)16-23)18-33(37-20-28(34)35)19-25-8-5-6-9-27(25)31/h5-6,8-16H,2-4,7,17-20H2,1H3,(H,32,36)(H,34,35). The van der Waals surface area contributed by atoms with Crippen LogP contribution in [0.25, 0.3) is 0 Å². The van der Waals surface area contributed by atoms with E-state index in [9.17, 15) is 9.59 Å². The first kappa shape index (κ1) is 29.3. The summed E-state index contributed by atoms with van der Waals surface area (Å²) in [6, 6.07) is 21.7. The zero-order valence-electron chi connectivity index (χ0n) is 20.9. The lowest BCUT2D eigenvalue weighted by molar-refractivity contribution is -0.190. The van der Waals surface area contributed by atoms with Crippen molar-refractivity contribution in [2.45, 2.75) is 52.2 Å². The Balaban J connectivity index is 1.60. The molecular formula is C29H32BrIN2O4. The second-order valence-corrected chi connectivity index (χ2v) is 10.8. The fourth-order valence-corrected chi connectivity index (χ4v) is 4.87. The number of aliphatic carboxylic acids is 1. The molecule has 0 aliphatic heterocycles. The summed E-state index contributed by atoms with van der Waals surface area (Å²) in [4.78, 5) is 29.4. The number of amides is 1. The number of carboxylic acid groups (broad SMARTS) is 1. The van der Waals surface area contributed by atoms with E-state index in [0.29, 0.717) is 25.2 Å². The third-order valence-corrected chi connectivity index (χ3v) is 7.67. The average Bonchev–Trinajstić information content (AvgIpc) is 2.89. The maximum absolute atomic E-state index is 12.8. The number of carbonyl (C=O) groups excluding carboxylic acids is 1. The molecule has 1 amide bonds. The number of hydrogen-bond acceptors (Lipinski definition) is 4. The molecule has 0 fully saturated rings. The molecule has 2 N–H and O–H groups in total. The van der Waals surface area contributed by atoms with Crippen LogP contribution in [0.3, 0.4) is 0 Å². The van der Waals surface area contributed by atoms with Crippen LogP contribution in [0.4, 0.5) is 0 Å². The number of nitrogens with zero attached hydrogens (tertiary/aromatic N) is 1. The highest BCUT2D eigenvalue weighted by atomic mass is 127. The van der Waals surface area contributed by atoms with Gasteiger partial charge in [0.05, 0.1) is 13.1 Å². The van der Waals surface area contributed by atoms with Crippen LogP contribution in [0.1, 0.15) is 58.8 Å². The predicted octanol–water partition coefficient (Wildman–Crippen LogP) is 6.73. The SMILES string of the molecule is CCCCCc1ccc(CNC(=O)c2ccc(CN(Cc3ccccc3I)OCC(=O)O)c(Br)c2)cc1. The number of carboxylic acids is 1. The molecule has 0 saturated carbocycles. The molecule has 0 aliphatic carbocycles. The van der Waals surface area contributed by atoms with Crippen molar-refractivity contribution in [3.05, 3.63) is 103 Å². The minimum absolute atomic E-state index is 0.155. The van der Waals surface area contributed by atoms with E-state index >= 15 is 0 Å². The molecule has 3 aromatic carbocycles. The fourth-order valence-electron chi connectivity index (χ4n) is 3.80. The second kappa shape index (κ2) is 15.2. The summed E-state index contributed by atoms with van der Waals surface area (Å²) in [7, 11) is 0. The summed E-state index contributed by atoms with van der Waals surface area (Å²) >= 11 is 5.83. The first-order valence-corrected chi connectivity index (χ1v) is 14.2. The molecule has 3 aromatic rings. The molecule has 37 heavy (non-hydrogen) atoms. The van der Waals surface area contributed by atoms with Gasteiger partial charge in [-0.25, -0.2) is 4.79 Å². The summed E-state index contributed by atoms with van der Waals surface area (Å²) in [5.41, 5.74) is 4.85. The van der Waals surface area contributed by atoms with Crippen LogP contribution >= 0.6 is 38.5 Å². The van der Waals surface area contributed by atoms with Crippen molar-refractivity contribution in [1.29, 1.82) is 0 Å².